The van der Waals surface area contributed by atoms with Gasteiger partial charge in [-0.15, -0.1) is 10.2 Å². The van der Waals surface area contributed by atoms with Crippen molar-refractivity contribution in [1.82, 2.24) is 14.9 Å². The van der Waals surface area contributed by atoms with Gasteiger partial charge in [0.2, 0.25) is 11.1 Å². The van der Waals surface area contributed by atoms with Gasteiger partial charge in [0.1, 0.15) is 0 Å². The molecule has 1 heterocycles. The van der Waals surface area contributed by atoms with Gasteiger partial charge in [0.05, 0.1) is 26.2 Å². The van der Waals surface area contributed by atoms with Crippen molar-refractivity contribution in [3.8, 4) is 11.5 Å². The molecular formula is C21H25N7O3S. The number of aromatic nitrogens is 3. The number of nitrogens with two attached hydrogens (primary N) is 1. The average Bonchev–Trinajstić information content (AvgIpc) is 3.14. The molecule has 10 nitrogen and oxygen atoms in total. The fraction of sp³-hybridized carbons (Fsp3) is 0.238. The predicted molar refractivity (Wildman–Crippen MR) is 126 cm³/mol. The van der Waals surface area contributed by atoms with E-state index in [9.17, 15) is 4.79 Å². The molecule has 0 spiro atoms. The van der Waals surface area contributed by atoms with E-state index in [2.05, 4.69) is 26.0 Å². The number of anilines is 2. The highest BCUT2D eigenvalue weighted by Gasteiger charge is 2.13. The lowest BCUT2D eigenvalue weighted by Gasteiger charge is -2.09. The standard InChI is InChI=1S/C21H25N7O3S/c1-13-5-6-14(2)16(9-13)24-19(29)12-32-21-27-26-20(28(21)22)25-23-11-15-7-8-17(30-3)18(10-15)31-4/h5-11H,12,22H2,1-4H3,(H,24,29)(H,25,26)/b23-11+. The number of hydrogen-bond acceptors (Lipinski definition) is 9. The molecule has 2 aromatic carbocycles. The number of nitrogen functional groups attached to an aromatic ring is 1. The maximum atomic E-state index is 12.3. The van der Waals surface area contributed by atoms with E-state index < -0.39 is 0 Å². The Hall–Kier alpha value is -3.73. The molecule has 0 saturated carbocycles. The van der Waals surface area contributed by atoms with Crippen molar-refractivity contribution >= 4 is 35.5 Å². The summed E-state index contributed by atoms with van der Waals surface area (Å²) in [6, 6.07) is 11.3. The molecule has 0 aliphatic carbocycles. The molecule has 0 radical (unpaired) electrons. The Labute approximate surface area is 190 Å². The fourth-order valence-corrected chi connectivity index (χ4v) is 3.39. The van der Waals surface area contributed by atoms with Crippen molar-refractivity contribution in [3.63, 3.8) is 0 Å². The van der Waals surface area contributed by atoms with E-state index >= 15 is 0 Å². The molecule has 0 unspecified atom stereocenters. The molecule has 1 aromatic heterocycles. The summed E-state index contributed by atoms with van der Waals surface area (Å²) in [6.07, 6.45) is 1.58. The Balaban J connectivity index is 1.56. The zero-order valence-corrected chi connectivity index (χ0v) is 19.1. The first-order valence-corrected chi connectivity index (χ1v) is 10.6. The van der Waals surface area contributed by atoms with Gasteiger partial charge in [-0.2, -0.15) is 5.10 Å². The topological polar surface area (TPSA) is 129 Å². The van der Waals surface area contributed by atoms with E-state index in [1.54, 1.807) is 32.6 Å². The number of amides is 1. The van der Waals surface area contributed by atoms with Gasteiger partial charge in [0, 0.05) is 5.69 Å². The third-order valence-corrected chi connectivity index (χ3v) is 5.39. The van der Waals surface area contributed by atoms with Gasteiger partial charge in [0.25, 0.3) is 5.95 Å². The summed E-state index contributed by atoms with van der Waals surface area (Å²) >= 11 is 1.17. The first-order valence-electron chi connectivity index (χ1n) is 9.62. The van der Waals surface area contributed by atoms with Crippen LogP contribution in [-0.2, 0) is 4.79 Å². The Bertz CT molecular complexity index is 1130. The minimum absolute atomic E-state index is 0.137. The van der Waals surface area contributed by atoms with Gasteiger partial charge in [-0.25, -0.2) is 10.1 Å². The monoisotopic (exact) mass is 455 g/mol. The number of ether oxygens (including phenoxy) is 2. The maximum Gasteiger partial charge on any atom is 0.264 e. The van der Waals surface area contributed by atoms with Gasteiger partial charge < -0.3 is 20.6 Å². The summed E-state index contributed by atoms with van der Waals surface area (Å²) in [6.45, 7) is 3.92. The number of hydrazone groups is 1. The molecule has 32 heavy (non-hydrogen) atoms. The van der Waals surface area contributed by atoms with Crippen molar-refractivity contribution in [1.29, 1.82) is 0 Å². The van der Waals surface area contributed by atoms with Crippen LogP contribution in [0.1, 0.15) is 16.7 Å². The highest BCUT2D eigenvalue weighted by Crippen LogP contribution is 2.27. The number of carbonyl (C=O) groups excluding carboxylic acids is 1. The van der Waals surface area contributed by atoms with E-state index in [1.165, 1.54) is 16.4 Å². The number of hydrogen-bond donors (Lipinski definition) is 3. The summed E-state index contributed by atoms with van der Waals surface area (Å²) in [5.41, 5.74) is 6.38. The lowest BCUT2D eigenvalue weighted by atomic mass is 10.1. The smallest absolute Gasteiger partial charge is 0.264 e. The van der Waals surface area contributed by atoms with E-state index in [4.69, 9.17) is 15.3 Å². The molecule has 11 heteroatoms. The van der Waals surface area contributed by atoms with Gasteiger partial charge in [-0.1, -0.05) is 23.9 Å². The van der Waals surface area contributed by atoms with E-state index in [0.717, 1.165) is 22.4 Å². The molecule has 0 aliphatic heterocycles. The van der Waals surface area contributed by atoms with Crippen molar-refractivity contribution < 1.29 is 14.3 Å². The van der Waals surface area contributed by atoms with E-state index in [0.29, 0.717) is 16.7 Å². The molecule has 4 N–H and O–H groups in total. The number of thioether (sulfide) groups is 1. The number of nitrogens with one attached hydrogen (secondary N) is 2. The first kappa shape index (κ1) is 22.9. The van der Waals surface area contributed by atoms with Crippen molar-refractivity contribution in [2.24, 2.45) is 5.10 Å². The van der Waals surface area contributed by atoms with Crippen LogP contribution in [0.5, 0.6) is 11.5 Å². The molecule has 1 amide bonds. The van der Waals surface area contributed by atoms with Crippen LogP contribution < -0.4 is 26.1 Å². The van der Waals surface area contributed by atoms with Crippen LogP contribution in [0.3, 0.4) is 0 Å². The van der Waals surface area contributed by atoms with Crippen molar-refractivity contribution in [3.05, 3.63) is 53.1 Å². The third-order valence-electron chi connectivity index (χ3n) is 4.45. The number of methoxy groups -OCH3 is 2. The number of rotatable bonds is 9. The molecule has 3 aromatic rings. The van der Waals surface area contributed by atoms with Gasteiger partial charge in [-0.3, -0.25) is 4.79 Å². The van der Waals surface area contributed by atoms with Crippen LogP contribution >= 0.6 is 11.8 Å². The summed E-state index contributed by atoms with van der Waals surface area (Å²) in [4.78, 5) is 12.3. The molecule has 168 valence electrons. The van der Waals surface area contributed by atoms with Crippen molar-refractivity contribution in [2.75, 3.05) is 36.6 Å². The number of carbonyl (C=O) groups is 1. The van der Waals surface area contributed by atoms with Crippen LogP contribution in [0, 0.1) is 13.8 Å². The second-order valence-corrected chi connectivity index (χ2v) is 7.76. The van der Waals surface area contributed by atoms with Crippen LogP contribution in [-0.4, -0.2) is 47.0 Å². The second kappa shape index (κ2) is 10.5. The second-order valence-electron chi connectivity index (χ2n) is 6.82. The Morgan fingerprint density at radius 1 is 1.16 bits per heavy atom. The quantitative estimate of drug-likeness (QED) is 0.194. The van der Waals surface area contributed by atoms with Crippen LogP contribution in [0.15, 0.2) is 46.7 Å². The van der Waals surface area contributed by atoms with E-state index in [-0.39, 0.29) is 17.6 Å². The largest absolute Gasteiger partial charge is 0.493 e. The Kier molecular flexibility index (Phi) is 7.55. The van der Waals surface area contributed by atoms with Gasteiger partial charge >= 0.3 is 0 Å². The fourth-order valence-electron chi connectivity index (χ4n) is 2.74. The Morgan fingerprint density at radius 3 is 2.69 bits per heavy atom. The first-order chi connectivity index (χ1) is 15.4. The maximum absolute atomic E-state index is 12.3. The molecule has 0 aliphatic rings. The normalized spacial score (nSPS) is 10.9. The van der Waals surface area contributed by atoms with Gasteiger partial charge in [-0.05, 0) is 54.8 Å². The number of aryl methyl sites for hydroxylation is 2. The van der Waals surface area contributed by atoms with Crippen LogP contribution in [0.4, 0.5) is 11.6 Å². The minimum Gasteiger partial charge on any atom is -0.493 e. The molecule has 0 saturated heterocycles. The lowest BCUT2D eigenvalue weighted by molar-refractivity contribution is -0.113. The SMILES string of the molecule is COc1ccc(/C=N/Nc2nnc(SCC(=O)Nc3cc(C)ccc3C)n2N)cc1OC. The number of benzene rings is 2. The highest BCUT2D eigenvalue weighted by atomic mass is 32.2. The van der Waals surface area contributed by atoms with Crippen LogP contribution in [0.2, 0.25) is 0 Å². The zero-order chi connectivity index (χ0) is 23.1. The van der Waals surface area contributed by atoms with E-state index in [1.807, 2.05) is 38.1 Å². The molecule has 3 rings (SSSR count). The summed E-state index contributed by atoms with van der Waals surface area (Å²) < 4.78 is 11.7. The lowest BCUT2D eigenvalue weighted by Crippen LogP contribution is -2.17. The molecule has 0 fully saturated rings. The summed E-state index contributed by atoms with van der Waals surface area (Å²) in [7, 11) is 3.14. The average molecular weight is 456 g/mol. The van der Waals surface area contributed by atoms with Crippen LogP contribution in [0.25, 0.3) is 0 Å². The highest BCUT2D eigenvalue weighted by molar-refractivity contribution is 7.99. The summed E-state index contributed by atoms with van der Waals surface area (Å²) in [5.74, 6) is 7.45. The molecule has 0 atom stereocenters. The summed E-state index contributed by atoms with van der Waals surface area (Å²) in [5, 5.41) is 15.4. The number of nitrogens with zero attached hydrogens (tertiary/aromatic N) is 4. The van der Waals surface area contributed by atoms with Crippen molar-refractivity contribution in [2.45, 2.75) is 19.0 Å². The Morgan fingerprint density at radius 2 is 1.94 bits per heavy atom. The molecular weight excluding hydrogens is 430 g/mol. The predicted octanol–water partition coefficient (Wildman–Crippen LogP) is 2.80. The molecule has 0 bridgehead atoms. The van der Waals surface area contributed by atoms with Gasteiger partial charge in [0.15, 0.2) is 11.5 Å². The third kappa shape index (κ3) is 5.70. The zero-order valence-electron chi connectivity index (χ0n) is 18.2. The minimum atomic E-state index is -0.160.